The van der Waals surface area contributed by atoms with Crippen LogP contribution in [0.2, 0.25) is 0 Å². The first-order valence-electron chi connectivity index (χ1n) is 5.43. The van der Waals surface area contributed by atoms with Gasteiger partial charge in [0.05, 0.1) is 0 Å². The normalized spacial score (nSPS) is 25.1. The molecule has 1 aromatic rings. The Morgan fingerprint density at radius 2 is 2.14 bits per heavy atom. The second-order valence-electron chi connectivity index (χ2n) is 4.48. The van der Waals surface area contributed by atoms with E-state index in [1.54, 1.807) is 0 Å². The molecule has 1 N–H and O–H groups in total. The predicted octanol–water partition coefficient (Wildman–Crippen LogP) is 2.97. The van der Waals surface area contributed by atoms with Crippen molar-refractivity contribution in [2.45, 2.75) is 38.5 Å². The van der Waals surface area contributed by atoms with Crippen LogP contribution in [0.4, 0.5) is 0 Å². The van der Waals surface area contributed by atoms with E-state index in [1.807, 2.05) is 0 Å². The maximum atomic E-state index is 9.01. The first kappa shape index (κ1) is 9.72. The van der Waals surface area contributed by atoms with Gasteiger partial charge in [0.25, 0.3) is 0 Å². The zero-order valence-electron chi connectivity index (χ0n) is 8.96. The Labute approximate surface area is 85.8 Å². The van der Waals surface area contributed by atoms with Crippen LogP contribution in [-0.2, 0) is 0 Å². The smallest absolute Gasteiger partial charge is 0.0436 e. The van der Waals surface area contributed by atoms with Crippen LogP contribution in [0, 0.1) is 6.92 Å². The molecule has 2 unspecified atom stereocenters. The molecule has 1 aromatic carbocycles. The molecule has 1 nitrogen and oxygen atoms in total. The molecule has 0 spiro atoms. The maximum Gasteiger partial charge on any atom is 0.0436 e. The van der Waals surface area contributed by atoms with Crippen LogP contribution in [0.15, 0.2) is 18.2 Å². The summed E-state index contributed by atoms with van der Waals surface area (Å²) in [6.07, 6.45) is 2.13. The standard InChI is InChI=1S/C13H18O/c1-9-3-4-12-10(2)8-11(5-6-14)13(12)7-9/h3-4,7,10-11,14H,5-6,8H2,1-2H3. The Balaban J connectivity index is 2.35. The summed E-state index contributed by atoms with van der Waals surface area (Å²) in [5.74, 6) is 1.26. The third kappa shape index (κ3) is 1.57. The zero-order chi connectivity index (χ0) is 10.1. The van der Waals surface area contributed by atoms with Crippen molar-refractivity contribution in [3.8, 4) is 0 Å². The lowest BCUT2D eigenvalue weighted by molar-refractivity contribution is 0.274. The lowest BCUT2D eigenvalue weighted by Crippen LogP contribution is -1.97. The van der Waals surface area contributed by atoms with Crippen molar-refractivity contribution in [1.29, 1.82) is 0 Å². The lowest BCUT2D eigenvalue weighted by Gasteiger charge is -2.09. The van der Waals surface area contributed by atoms with E-state index in [9.17, 15) is 0 Å². The Kier molecular flexibility index (Phi) is 2.60. The van der Waals surface area contributed by atoms with Gasteiger partial charge in [0.2, 0.25) is 0 Å². The summed E-state index contributed by atoms with van der Waals surface area (Å²) in [6.45, 7) is 4.73. The number of aryl methyl sites for hydroxylation is 1. The first-order chi connectivity index (χ1) is 6.72. The predicted molar refractivity (Wildman–Crippen MR) is 58.7 cm³/mol. The summed E-state index contributed by atoms with van der Waals surface area (Å²) in [5, 5.41) is 9.01. The van der Waals surface area contributed by atoms with Crippen molar-refractivity contribution in [1.82, 2.24) is 0 Å². The van der Waals surface area contributed by atoms with Gasteiger partial charge < -0.3 is 5.11 Å². The van der Waals surface area contributed by atoms with Crippen LogP contribution in [0.25, 0.3) is 0 Å². The molecule has 0 saturated heterocycles. The largest absolute Gasteiger partial charge is 0.396 e. The van der Waals surface area contributed by atoms with E-state index in [0.29, 0.717) is 18.4 Å². The Hall–Kier alpha value is -0.820. The fourth-order valence-corrected chi connectivity index (χ4v) is 2.61. The number of rotatable bonds is 2. The molecule has 0 saturated carbocycles. The molecule has 0 fully saturated rings. The summed E-state index contributed by atoms with van der Waals surface area (Å²) >= 11 is 0. The fraction of sp³-hybridized carbons (Fsp3) is 0.538. The Morgan fingerprint density at radius 1 is 1.36 bits per heavy atom. The van der Waals surface area contributed by atoms with Gasteiger partial charge in [-0.2, -0.15) is 0 Å². The van der Waals surface area contributed by atoms with E-state index in [2.05, 4.69) is 32.0 Å². The van der Waals surface area contributed by atoms with Crippen molar-refractivity contribution < 1.29 is 5.11 Å². The minimum Gasteiger partial charge on any atom is -0.396 e. The SMILES string of the molecule is Cc1ccc2c(c1)C(CCO)CC2C. The lowest BCUT2D eigenvalue weighted by atomic mass is 9.97. The number of benzene rings is 1. The van der Waals surface area contributed by atoms with Gasteiger partial charge in [0.1, 0.15) is 0 Å². The van der Waals surface area contributed by atoms with Gasteiger partial charge in [-0.1, -0.05) is 30.7 Å². The molecular weight excluding hydrogens is 172 g/mol. The molecule has 0 aromatic heterocycles. The van der Waals surface area contributed by atoms with Crippen LogP contribution in [0.5, 0.6) is 0 Å². The molecule has 0 radical (unpaired) electrons. The van der Waals surface area contributed by atoms with Crippen LogP contribution in [-0.4, -0.2) is 11.7 Å². The molecule has 1 heteroatoms. The summed E-state index contributed by atoms with van der Waals surface area (Å²) < 4.78 is 0. The van der Waals surface area contributed by atoms with E-state index in [0.717, 1.165) is 6.42 Å². The molecule has 0 heterocycles. The fourth-order valence-electron chi connectivity index (χ4n) is 2.61. The summed E-state index contributed by atoms with van der Waals surface area (Å²) in [5.41, 5.74) is 4.31. The number of fused-ring (bicyclic) bond motifs is 1. The van der Waals surface area contributed by atoms with Gasteiger partial charge in [0, 0.05) is 6.61 Å². The molecule has 0 amide bonds. The highest BCUT2D eigenvalue weighted by molar-refractivity contribution is 5.40. The van der Waals surface area contributed by atoms with Gasteiger partial charge in [-0.3, -0.25) is 0 Å². The van der Waals surface area contributed by atoms with Gasteiger partial charge in [-0.05, 0) is 42.7 Å². The van der Waals surface area contributed by atoms with Crippen molar-refractivity contribution in [2.24, 2.45) is 0 Å². The number of hydrogen-bond acceptors (Lipinski definition) is 1. The first-order valence-corrected chi connectivity index (χ1v) is 5.43. The minimum absolute atomic E-state index is 0.310. The number of aliphatic hydroxyl groups excluding tert-OH is 1. The molecular formula is C13H18O. The average Bonchev–Trinajstić information content (AvgIpc) is 2.44. The highest BCUT2D eigenvalue weighted by atomic mass is 16.3. The van der Waals surface area contributed by atoms with Gasteiger partial charge >= 0.3 is 0 Å². The van der Waals surface area contributed by atoms with Crippen LogP contribution >= 0.6 is 0 Å². The van der Waals surface area contributed by atoms with E-state index in [4.69, 9.17) is 5.11 Å². The molecule has 1 aliphatic rings. The third-order valence-corrected chi connectivity index (χ3v) is 3.33. The van der Waals surface area contributed by atoms with E-state index in [-0.39, 0.29) is 0 Å². The van der Waals surface area contributed by atoms with Crippen molar-refractivity contribution in [2.75, 3.05) is 6.61 Å². The number of hydrogen-bond donors (Lipinski definition) is 1. The van der Waals surface area contributed by atoms with Crippen LogP contribution in [0.3, 0.4) is 0 Å². The molecule has 76 valence electrons. The molecule has 14 heavy (non-hydrogen) atoms. The molecule has 2 rings (SSSR count). The molecule has 2 atom stereocenters. The zero-order valence-corrected chi connectivity index (χ0v) is 8.96. The summed E-state index contributed by atoms with van der Waals surface area (Å²) in [7, 11) is 0. The number of aliphatic hydroxyl groups is 1. The van der Waals surface area contributed by atoms with Gasteiger partial charge in [-0.15, -0.1) is 0 Å². The molecule has 0 aliphatic heterocycles. The van der Waals surface area contributed by atoms with Crippen molar-refractivity contribution in [3.63, 3.8) is 0 Å². The Bertz CT molecular complexity index is 330. The Morgan fingerprint density at radius 3 is 2.86 bits per heavy atom. The monoisotopic (exact) mass is 190 g/mol. The van der Waals surface area contributed by atoms with Gasteiger partial charge in [0.15, 0.2) is 0 Å². The average molecular weight is 190 g/mol. The second-order valence-corrected chi connectivity index (χ2v) is 4.48. The topological polar surface area (TPSA) is 20.2 Å². The van der Waals surface area contributed by atoms with E-state index < -0.39 is 0 Å². The second kappa shape index (κ2) is 3.74. The van der Waals surface area contributed by atoms with Crippen LogP contribution < -0.4 is 0 Å². The quantitative estimate of drug-likeness (QED) is 0.760. The molecule has 0 bridgehead atoms. The van der Waals surface area contributed by atoms with E-state index >= 15 is 0 Å². The summed E-state index contributed by atoms with van der Waals surface area (Å²) in [6, 6.07) is 6.74. The maximum absolute atomic E-state index is 9.01. The van der Waals surface area contributed by atoms with E-state index in [1.165, 1.54) is 23.1 Å². The minimum atomic E-state index is 0.310. The summed E-state index contributed by atoms with van der Waals surface area (Å²) in [4.78, 5) is 0. The van der Waals surface area contributed by atoms with Gasteiger partial charge in [-0.25, -0.2) is 0 Å². The van der Waals surface area contributed by atoms with Crippen LogP contribution in [0.1, 0.15) is 48.3 Å². The highest BCUT2D eigenvalue weighted by Gasteiger charge is 2.27. The molecule has 1 aliphatic carbocycles. The van der Waals surface area contributed by atoms with Crippen molar-refractivity contribution >= 4 is 0 Å². The van der Waals surface area contributed by atoms with Crippen molar-refractivity contribution in [3.05, 3.63) is 34.9 Å². The third-order valence-electron chi connectivity index (χ3n) is 3.33. The highest BCUT2D eigenvalue weighted by Crippen LogP contribution is 2.43.